The summed E-state index contributed by atoms with van der Waals surface area (Å²) in [6.07, 6.45) is 1.87. The zero-order valence-corrected chi connectivity index (χ0v) is 17.1. The highest BCUT2D eigenvalue weighted by Crippen LogP contribution is 2.17. The third-order valence-corrected chi connectivity index (χ3v) is 5.12. The number of carbonyl (C=O) groups excluding carboxylic acids is 2. The molecule has 0 aromatic heterocycles. The first kappa shape index (κ1) is 20.7. The minimum atomic E-state index is -0.00928. The number of carbonyl (C=O) groups is 2. The number of hydrogen-bond donors (Lipinski definition) is 1. The van der Waals surface area contributed by atoms with Crippen molar-refractivity contribution in [2.75, 3.05) is 38.7 Å². The van der Waals surface area contributed by atoms with Crippen LogP contribution in [0.25, 0.3) is 0 Å². The number of piperidine rings is 1. The highest BCUT2D eigenvalue weighted by molar-refractivity contribution is 5.94. The number of benzene rings is 2. The van der Waals surface area contributed by atoms with Crippen LogP contribution in [0.1, 0.15) is 29.6 Å². The van der Waals surface area contributed by atoms with Crippen LogP contribution in [-0.2, 0) is 4.79 Å². The van der Waals surface area contributed by atoms with Crippen LogP contribution in [-0.4, -0.2) is 56.5 Å². The zero-order valence-electron chi connectivity index (χ0n) is 17.1. The van der Waals surface area contributed by atoms with Crippen LogP contribution in [0.2, 0.25) is 0 Å². The molecule has 1 heterocycles. The largest absolute Gasteiger partial charge is 0.493 e. The van der Waals surface area contributed by atoms with Gasteiger partial charge in [0, 0.05) is 44.5 Å². The molecule has 29 heavy (non-hydrogen) atoms. The Morgan fingerprint density at radius 2 is 1.69 bits per heavy atom. The van der Waals surface area contributed by atoms with Crippen LogP contribution >= 0.6 is 0 Å². The molecule has 2 aromatic rings. The highest BCUT2D eigenvalue weighted by Gasteiger charge is 2.24. The Bertz CT molecular complexity index is 798. The molecule has 2 amide bonds. The second-order valence-electron chi connectivity index (χ2n) is 7.49. The molecule has 0 spiro atoms. The van der Waals surface area contributed by atoms with E-state index < -0.39 is 0 Å². The third-order valence-electron chi connectivity index (χ3n) is 5.12. The second kappa shape index (κ2) is 9.96. The van der Waals surface area contributed by atoms with Gasteiger partial charge < -0.3 is 19.9 Å². The summed E-state index contributed by atoms with van der Waals surface area (Å²) in [5.74, 6) is 0.812. The van der Waals surface area contributed by atoms with E-state index in [1.165, 1.54) is 0 Å². The smallest absolute Gasteiger partial charge is 0.253 e. The lowest BCUT2D eigenvalue weighted by atomic mass is 10.0. The van der Waals surface area contributed by atoms with Crippen LogP contribution in [0.5, 0.6) is 5.75 Å². The summed E-state index contributed by atoms with van der Waals surface area (Å²) in [7, 11) is 3.95. The lowest BCUT2D eigenvalue weighted by molar-refractivity contribution is -0.122. The molecular weight excluding hydrogens is 366 g/mol. The molecule has 1 saturated heterocycles. The zero-order chi connectivity index (χ0) is 20.6. The van der Waals surface area contributed by atoms with Gasteiger partial charge in [0.2, 0.25) is 5.91 Å². The normalized spacial score (nSPS) is 14.3. The summed E-state index contributed by atoms with van der Waals surface area (Å²) < 4.78 is 5.57. The Balaban J connectivity index is 1.39. The molecule has 1 fully saturated rings. The fraction of sp³-hybridized carbons (Fsp3) is 0.391. The van der Waals surface area contributed by atoms with Crippen LogP contribution in [0, 0.1) is 0 Å². The molecule has 6 nitrogen and oxygen atoms in total. The average molecular weight is 396 g/mol. The van der Waals surface area contributed by atoms with Crippen molar-refractivity contribution in [3.05, 3.63) is 60.2 Å². The van der Waals surface area contributed by atoms with Gasteiger partial charge >= 0.3 is 0 Å². The first-order valence-corrected chi connectivity index (χ1v) is 10.1. The molecule has 0 bridgehead atoms. The van der Waals surface area contributed by atoms with Crippen molar-refractivity contribution in [3.8, 4) is 5.75 Å². The van der Waals surface area contributed by atoms with Gasteiger partial charge in [0.05, 0.1) is 13.0 Å². The minimum Gasteiger partial charge on any atom is -0.493 e. The van der Waals surface area contributed by atoms with E-state index in [9.17, 15) is 9.59 Å². The molecule has 0 unspecified atom stereocenters. The van der Waals surface area contributed by atoms with Crippen LogP contribution in [0.15, 0.2) is 54.6 Å². The topological polar surface area (TPSA) is 61.9 Å². The SMILES string of the molecule is CN(C)c1ccc(C(=O)N2CCC(NC(=O)CCOc3ccccc3)CC2)cc1. The minimum absolute atomic E-state index is 0.00928. The fourth-order valence-corrected chi connectivity index (χ4v) is 3.39. The first-order chi connectivity index (χ1) is 14.0. The van der Waals surface area contributed by atoms with Crippen LogP contribution in [0.4, 0.5) is 5.69 Å². The first-order valence-electron chi connectivity index (χ1n) is 10.1. The molecule has 2 aromatic carbocycles. The van der Waals surface area contributed by atoms with E-state index in [0.29, 0.717) is 31.7 Å². The molecule has 1 N–H and O–H groups in total. The van der Waals surface area contributed by atoms with Crippen molar-refractivity contribution in [1.29, 1.82) is 0 Å². The maximum Gasteiger partial charge on any atom is 0.253 e. The van der Waals surface area contributed by atoms with E-state index in [4.69, 9.17) is 4.74 Å². The van der Waals surface area contributed by atoms with E-state index in [0.717, 1.165) is 24.3 Å². The van der Waals surface area contributed by atoms with Crippen LogP contribution < -0.4 is 15.0 Å². The van der Waals surface area contributed by atoms with Gasteiger partial charge in [-0.15, -0.1) is 0 Å². The van der Waals surface area contributed by atoms with Gasteiger partial charge in [-0.2, -0.15) is 0 Å². The lowest BCUT2D eigenvalue weighted by Crippen LogP contribution is -2.46. The average Bonchev–Trinajstić information content (AvgIpc) is 2.74. The van der Waals surface area contributed by atoms with E-state index in [1.807, 2.05) is 78.5 Å². The Labute approximate surface area is 172 Å². The van der Waals surface area contributed by atoms with Crippen molar-refractivity contribution in [3.63, 3.8) is 0 Å². The number of likely N-dealkylation sites (tertiary alicyclic amines) is 1. The molecule has 3 rings (SSSR count). The predicted octanol–water partition coefficient (Wildman–Crippen LogP) is 2.94. The maximum atomic E-state index is 12.7. The molecular formula is C23H29N3O3. The van der Waals surface area contributed by atoms with Gasteiger partial charge in [0.1, 0.15) is 5.75 Å². The molecule has 0 aliphatic carbocycles. The van der Waals surface area contributed by atoms with Crippen molar-refractivity contribution >= 4 is 17.5 Å². The second-order valence-corrected chi connectivity index (χ2v) is 7.49. The number of nitrogens with zero attached hydrogens (tertiary/aromatic N) is 2. The number of para-hydroxylation sites is 1. The summed E-state index contributed by atoms with van der Waals surface area (Å²) in [5.41, 5.74) is 1.77. The molecule has 1 aliphatic rings. The number of nitrogens with one attached hydrogen (secondary N) is 1. The van der Waals surface area contributed by atoms with E-state index in [-0.39, 0.29) is 17.9 Å². The fourth-order valence-electron chi connectivity index (χ4n) is 3.39. The Morgan fingerprint density at radius 3 is 2.31 bits per heavy atom. The Kier molecular flexibility index (Phi) is 7.11. The van der Waals surface area contributed by atoms with Gasteiger partial charge in [-0.25, -0.2) is 0 Å². The molecule has 1 aliphatic heterocycles. The molecule has 0 atom stereocenters. The molecule has 0 saturated carbocycles. The standard InChI is InChI=1S/C23H29N3O3/c1-25(2)20-10-8-18(9-11-20)23(28)26-15-12-19(13-16-26)24-22(27)14-17-29-21-6-4-3-5-7-21/h3-11,19H,12-17H2,1-2H3,(H,24,27). The van der Waals surface area contributed by atoms with E-state index >= 15 is 0 Å². The Morgan fingerprint density at radius 1 is 1.03 bits per heavy atom. The summed E-state index contributed by atoms with van der Waals surface area (Å²) in [4.78, 5) is 28.7. The summed E-state index contributed by atoms with van der Waals surface area (Å²) >= 11 is 0. The van der Waals surface area contributed by atoms with Gasteiger partial charge in [-0.05, 0) is 49.2 Å². The summed E-state index contributed by atoms with van der Waals surface area (Å²) in [6, 6.07) is 17.3. The van der Waals surface area contributed by atoms with Gasteiger partial charge in [0.15, 0.2) is 0 Å². The van der Waals surface area contributed by atoms with E-state index in [2.05, 4.69) is 5.32 Å². The molecule has 154 valence electrons. The molecule has 0 radical (unpaired) electrons. The quantitative estimate of drug-likeness (QED) is 0.783. The number of anilines is 1. The number of hydrogen-bond acceptors (Lipinski definition) is 4. The number of rotatable bonds is 7. The van der Waals surface area contributed by atoms with Crippen molar-refractivity contribution < 1.29 is 14.3 Å². The van der Waals surface area contributed by atoms with Crippen LogP contribution in [0.3, 0.4) is 0 Å². The van der Waals surface area contributed by atoms with E-state index in [1.54, 1.807) is 0 Å². The monoisotopic (exact) mass is 395 g/mol. The maximum absolute atomic E-state index is 12.7. The van der Waals surface area contributed by atoms with Gasteiger partial charge in [0.25, 0.3) is 5.91 Å². The number of amides is 2. The molecule has 6 heteroatoms. The van der Waals surface area contributed by atoms with Gasteiger partial charge in [-0.1, -0.05) is 18.2 Å². The summed E-state index contributed by atoms with van der Waals surface area (Å²) in [6.45, 7) is 1.66. The Hall–Kier alpha value is -3.02. The lowest BCUT2D eigenvalue weighted by Gasteiger charge is -2.32. The predicted molar refractivity (Wildman–Crippen MR) is 114 cm³/mol. The van der Waals surface area contributed by atoms with Crippen molar-refractivity contribution in [2.24, 2.45) is 0 Å². The number of ether oxygens (including phenoxy) is 1. The van der Waals surface area contributed by atoms with Crippen molar-refractivity contribution in [1.82, 2.24) is 10.2 Å². The van der Waals surface area contributed by atoms with Crippen molar-refractivity contribution in [2.45, 2.75) is 25.3 Å². The third kappa shape index (κ3) is 5.98. The summed E-state index contributed by atoms with van der Waals surface area (Å²) in [5, 5.41) is 3.06. The highest BCUT2D eigenvalue weighted by atomic mass is 16.5. The van der Waals surface area contributed by atoms with Gasteiger partial charge in [-0.3, -0.25) is 9.59 Å².